The van der Waals surface area contributed by atoms with Crippen LogP contribution in [0.2, 0.25) is 0 Å². The number of benzene rings is 1. The van der Waals surface area contributed by atoms with Crippen molar-refractivity contribution in [2.24, 2.45) is 0 Å². The number of rotatable bonds is 6. The van der Waals surface area contributed by atoms with E-state index in [1.165, 1.54) is 31.6 Å². The summed E-state index contributed by atoms with van der Waals surface area (Å²) >= 11 is 0.423. The van der Waals surface area contributed by atoms with Gasteiger partial charge in [0, 0.05) is 31.1 Å². The normalized spacial score (nSPS) is 11.2. The van der Waals surface area contributed by atoms with Crippen LogP contribution in [0.3, 0.4) is 0 Å². The van der Waals surface area contributed by atoms with Crippen LogP contribution in [-0.4, -0.2) is 27.9 Å². The number of carbonyl (C=O) groups excluding carboxylic acids is 1. The first-order chi connectivity index (χ1) is 15.8. The fraction of sp³-hybridized carbons (Fsp3) is 0.0909. The molecule has 0 fully saturated rings. The van der Waals surface area contributed by atoms with Gasteiger partial charge in [-0.1, -0.05) is 41.7 Å². The Bertz CT molecular complexity index is 1260. The van der Waals surface area contributed by atoms with Gasteiger partial charge in [-0.3, -0.25) is 4.79 Å². The Labute approximate surface area is 190 Å². The van der Waals surface area contributed by atoms with Crippen molar-refractivity contribution in [3.05, 3.63) is 77.6 Å². The molecule has 0 radical (unpaired) electrons. The van der Waals surface area contributed by atoms with Gasteiger partial charge in [-0.25, -0.2) is 15.0 Å². The number of hydrogen-bond acceptors (Lipinski definition) is 7. The molecule has 4 rings (SSSR count). The van der Waals surface area contributed by atoms with Crippen molar-refractivity contribution in [3.63, 3.8) is 0 Å². The van der Waals surface area contributed by atoms with Crippen LogP contribution in [0.25, 0.3) is 11.3 Å². The van der Waals surface area contributed by atoms with E-state index in [9.17, 15) is 18.0 Å². The maximum Gasteiger partial charge on any atom is 0.443 e. The van der Waals surface area contributed by atoms with Gasteiger partial charge in [0.2, 0.25) is 10.1 Å². The number of pyridine rings is 2. The summed E-state index contributed by atoms with van der Waals surface area (Å²) in [6.07, 6.45) is -1.73. The number of hydrogen-bond donors (Lipinski definition) is 2. The third kappa shape index (κ3) is 5.26. The molecule has 3 aromatic heterocycles. The molecule has 0 bridgehead atoms. The number of anilines is 2. The van der Waals surface area contributed by atoms with Gasteiger partial charge >= 0.3 is 6.18 Å². The monoisotopic (exact) mass is 471 g/mol. The molecule has 0 atom stereocenters. The minimum atomic E-state index is -4.59. The molecule has 0 spiro atoms. The Hall–Kier alpha value is -3.99. The zero-order valence-corrected chi connectivity index (χ0v) is 17.9. The molecule has 4 aromatic rings. The molecular weight excluding hydrogens is 455 g/mol. The second-order valence-corrected chi connectivity index (χ2v) is 7.60. The Morgan fingerprint density at radius 3 is 2.48 bits per heavy atom. The average molecular weight is 471 g/mol. The van der Waals surface area contributed by atoms with Crippen LogP contribution in [-0.2, 0) is 6.18 Å². The molecule has 1 aromatic carbocycles. The molecule has 168 valence electrons. The molecule has 0 aliphatic carbocycles. The minimum absolute atomic E-state index is 0.0127. The van der Waals surface area contributed by atoms with E-state index in [0.29, 0.717) is 34.1 Å². The summed E-state index contributed by atoms with van der Waals surface area (Å²) in [5.41, 5.74) is 1.00. The van der Waals surface area contributed by atoms with Gasteiger partial charge in [0.25, 0.3) is 5.91 Å². The third-order valence-corrected chi connectivity index (χ3v) is 5.31. The van der Waals surface area contributed by atoms with Crippen LogP contribution in [0, 0.1) is 0 Å². The number of halogens is 3. The van der Waals surface area contributed by atoms with E-state index in [1.807, 2.05) is 0 Å². The van der Waals surface area contributed by atoms with Crippen LogP contribution < -0.4 is 15.4 Å². The summed E-state index contributed by atoms with van der Waals surface area (Å²) < 4.78 is 45.6. The molecule has 33 heavy (non-hydrogen) atoms. The lowest BCUT2D eigenvalue weighted by Crippen LogP contribution is -2.17. The van der Waals surface area contributed by atoms with Crippen LogP contribution in [0.5, 0.6) is 10.8 Å². The number of thiazole rings is 1. The number of nitrogens with one attached hydrogen (secondary N) is 2. The Morgan fingerprint density at radius 1 is 1.03 bits per heavy atom. The van der Waals surface area contributed by atoms with Crippen molar-refractivity contribution < 1.29 is 22.7 Å². The van der Waals surface area contributed by atoms with Gasteiger partial charge in [-0.2, -0.15) is 13.2 Å². The van der Waals surface area contributed by atoms with Gasteiger partial charge < -0.3 is 15.4 Å². The summed E-state index contributed by atoms with van der Waals surface area (Å²) in [6.45, 7) is 0. The fourth-order valence-electron chi connectivity index (χ4n) is 2.80. The average Bonchev–Trinajstić information content (AvgIpc) is 3.24. The largest absolute Gasteiger partial charge is 0.444 e. The SMILES string of the molecule is CNC(=O)c1ccc(Nc2cc(Oc3sc(C(F)(F)F)nc3-c3ccccc3)ccn2)nc1. The van der Waals surface area contributed by atoms with E-state index >= 15 is 0 Å². The molecular formula is C22H16F3N5O2S. The van der Waals surface area contributed by atoms with Gasteiger partial charge in [0.1, 0.15) is 23.1 Å². The number of amides is 1. The van der Waals surface area contributed by atoms with Crippen molar-refractivity contribution in [1.29, 1.82) is 0 Å². The predicted octanol–water partition coefficient (Wildman–Crippen LogP) is 5.51. The topological polar surface area (TPSA) is 89.0 Å². The molecule has 7 nitrogen and oxygen atoms in total. The second-order valence-electron chi connectivity index (χ2n) is 6.63. The van der Waals surface area contributed by atoms with Crippen molar-refractivity contribution in [2.45, 2.75) is 6.18 Å². The molecule has 2 N–H and O–H groups in total. The van der Waals surface area contributed by atoms with E-state index in [-0.39, 0.29) is 22.4 Å². The number of aromatic nitrogens is 3. The molecule has 1 amide bonds. The first-order valence-electron chi connectivity index (χ1n) is 9.56. The van der Waals surface area contributed by atoms with Crippen LogP contribution >= 0.6 is 11.3 Å². The summed E-state index contributed by atoms with van der Waals surface area (Å²) in [5.74, 6) is 0.785. The van der Waals surface area contributed by atoms with Gasteiger partial charge in [-0.15, -0.1) is 0 Å². The molecule has 0 saturated heterocycles. The first-order valence-corrected chi connectivity index (χ1v) is 10.4. The van der Waals surface area contributed by atoms with Crippen molar-refractivity contribution in [3.8, 4) is 22.1 Å². The van der Waals surface area contributed by atoms with Crippen molar-refractivity contribution in [2.75, 3.05) is 12.4 Å². The number of ether oxygens (including phenoxy) is 1. The Kier molecular flexibility index (Phi) is 6.22. The van der Waals surface area contributed by atoms with Crippen molar-refractivity contribution >= 4 is 28.9 Å². The van der Waals surface area contributed by atoms with Gasteiger partial charge in [0.05, 0.1) is 5.56 Å². The van der Waals surface area contributed by atoms with Crippen LogP contribution in [0.15, 0.2) is 67.0 Å². The smallest absolute Gasteiger partial charge is 0.443 e. The zero-order valence-electron chi connectivity index (χ0n) is 17.1. The Morgan fingerprint density at radius 2 is 1.82 bits per heavy atom. The maximum atomic E-state index is 13.3. The second kappa shape index (κ2) is 9.25. The third-order valence-electron chi connectivity index (χ3n) is 4.34. The number of carbonyl (C=O) groups is 1. The van der Waals surface area contributed by atoms with E-state index in [4.69, 9.17) is 4.74 Å². The molecule has 0 saturated carbocycles. The summed E-state index contributed by atoms with van der Waals surface area (Å²) in [4.78, 5) is 23.7. The highest BCUT2D eigenvalue weighted by Crippen LogP contribution is 2.44. The molecule has 0 aliphatic heterocycles. The summed E-state index contributed by atoms with van der Waals surface area (Å²) in [6, 6.07) is 14.8. The highest BCUT2D eigenvalue weighted by molar-refractivity contribution is 7.14. The highest BCUT2D eigenvalue weighted by atomic mass is 32.1. The molecule has 0 unspecified atom stereocenters. The first kappa shape index (κ1) is 22.2. The number of nitrogens with zero attached hydrogens (tertiary/aromatic N) is 3. The minimum Gasteiger partial charge on any atom is -0.444 e. The van der Waals surface area contributed by atoms with Crippen LogP contribution in [0.4, 0.5) is 24.8 Å². The van der Waals surface area contributed by atoms with Crippen molar-refractivity contribution in [1.82, 2.24) is 20.3 Å². The standard InChI is InChI=1S/C22H16F3N5O2S/c1-26-19(31)14-7-8-16(28-12-14)29-17-11-15(9-10-27-17)32-20-18(13-5-3-2-4-6-13)30-21(33-20)22(23,24)25/h2-12H,1H3,(H,26,31)(H,27,28,29). The van der Waals surface area contributed by atoms with E-state index < -0.39 is 11.2 Å². The van der Waals surface area contributed by atoms with Crippen LogP contribution in [0.1, 0.15) is 15.4 Å². The zero-order chi connectivity index (χ0) is 23.4. The van der Waals surface area contributed by atoms with E-state index in [2.05, 4.69) is 25.6 Å². The van der Waals surface area contributed by atoms with E-state index in [0.717, 1.165) is 0 Å². The predicted molar refractivity (Wildman–Crippen MR) is 118 cm³/mol. The molecule has 3 heterocycles. The lowest BCUT2D eigenvalue weighted by Gasteiger charge is -2.09. The Balaban J connectivity index is 1.58. The number of alkyl halides is 3. The lowest BCUT2D eigenvalue weighted by molar-refractivity contribution is -0.137. The molecule has 11 heteroatoms. The molecule has 0 aliphatic rings. The van der Waals surface area contributed by atoms with E-state index in [1.54, 1.807) is 42.5 Å². The van der Waals surface area contributed by atoms with Gasteiger partial charge in [0.15, 0.2) is 0 Å². The van der Waals surface area contributed by atoms with Gasteiger partial charge in [-0.05, 0) is 18.2 Å². The summed E-state index contributed by atoms with van der Waals surface area (Å²) in [5, 5.41) is 4.49. The quantitative estimate of drug-likeness (QED) is 0.385. The maximum absolute atomic E-state index is 13.3. The lowest BCUT2D eigenvalue weighted by atomic mass is 10.2. The highest BCUT2D eigenvalue weighted by Gasteiger charge is 2.37. The fourth-order valence-corrected chi connectivity index (χ4v) is 3.63. The summed E-state index contributed by atoms with van der Waals surface area (Å²) in [7, 11) is 1.52.